The van der Waals surface area contributed by atoms with Crippen LogP contribution in [-0.2, 0) is 4.79 Å². The van der Waals surface area contributed by atoms with Crippen LogP contribution in [0.5, 0.6) is 0 Å². The van der Waals surface area contributed by atoms with E-state index in [4.69, 9.17) is 5.26 Å². The summed E-state index contributed by atoms with van der Waals surface area (Å²) >= 11 is 1.29. The Morgan fingerprint density at radius 2 is 2.07 bits per heavy atom. The average Bonchev–Trinajstić information content (AvgIpc) is 3.18. The van der Waals surface area contributed by atoms with Gasteiger partial charge >= 0.3 is 0 Å². The maximum absolute atomic E-state index is 14.2. The Morgan fingerprint density at radius 1 is 1.28 bits per heavy atom. The van der Waals surface area contributed by atoms with Crippen LogP contribution < -0.4 is 4.90 Å². The predicted octanol–water partition coefficient (Wildman–Crippen LogP) is 4.67. The van der Waals surface area contributed by atoms with Crippen LogP contribution in [-0.4, -0.2) is 27.8 Å². The number of aryl methyl sites for hydroxylation is 2. The minimum atomic E-state index is -0.485. The molecule has 3 rings (SSSR count). The Balaban J connectivity index is 1.79. The monoisotopic (exact) mass is 408 g/mol. The largest absolute Gasteiger partial charge is 0.308 e. The smallest absolute Gasteiger partial charge is 0.237 e. The van der Waals surface area contributed by atoms with Gasteiger partial charge in [-0.05, 0) is 43.2 Å². The topological polar surface area (TPSA) is 61.9 Å². The van der Waals surface area contributed by atoms with E-state index in [1.165, 1.54) is 22.7 Å². The molecular weight excluding hydrogens is 387 g/mol. The number of rotatable bonds is 7. The number of para-hydroxylation sites is 1. The fraction of sp³-hybridized carbons (Fsp3) is 0.227. The highest BCUT2D eigenvalue weighted by Gasteiger charge is 2.20. The first-order chi connectivity index (χ1) is 14.0. The number of aromatic nitrogens is 2. The Kier molecular flexibility index (Phi) is 6.68. The Labute approximate surface area is 173 Å². The number of amides is 1. The van der Waals surface area contributed by atoms with Crippen molar-refractivity contribution in [3.63, 3.8) is 0 Å². The first-order valence-corrected chi connectivity index (χ1v) is 10.2. The summed E-state index contributed by atoms with van der Waals surface area (Å²) < 4.78 is 16.2. The molecule has 0 atom stereocenters. The molecule has 2 aromatic carbocycles. The highest BCUT2D eigenvalue weighted by atomic mass is 32.2. The second-order valence-electron chi connectivity index (χ2n) is 6.56. The number of thioether (sulfide) groups is 1. The molecule has 0 bridgehead atoms. The first kappa shape index (κ1) is 20.6. The number of nitriles is 1. The van der Waals surface area contributed by atoms with Gasteiger partial charge in [0, 0.05) is 18.9 Å². The molecule has 0 aliphatic carbocycles. The van der Waals surface area contributed by atoms with Crippen LogP contribution in [0.3, 0.4) is 0 Å². The van der Waals surface area contributed by atoms with Gasteiger partial charge < -0.3 is 4.90 Å². The summed E-state index contributed by atoms with van der Waals surface area (Å²) in [7, 11) is 0. The molecule has 0 saturated heterocycles. The molecule has 0 aliphatic heterocycles. The summed E-state index contributed by atoms with van der Waals surface area (Å²) in [6.07, 6.45) is 3.68. The van der Waals surface area contributed by atoms with Gasteiger partial charge in [-0.25, -0.2) is 9.37 Å². The summed E-state index contributed by atoms with van der Waals surface area (Å²) in [5.74, 6) is -0.673. The first-order valence-electron chi connectivity index (χ1n) is 9.17. The van der Waals surface area contributed by atoms with Crippen molar-refractivity contribution in [2.75, 3.05) is 17.2 Å². The van der Waals surface area contributed by atoms with Crippen molar-refractivity contribution in [3.8, 4) is 11.8 Å². The number of carbonyl (C=O) groups is 1. The maximum Gasteiger partial charge on any atom is 0.237 e. The normalized spacial score (nSPS) is 10.6. The number of benzene rings is 2. The minimum Gasteiger partial charge on any atom is -0.308 e. The summed E-state index contributed by atoms with van der Waals surface area (Å²) in [5, 5.41) is 9.59. The molecule has 3 aromatic rings. The van der Waals surface area contributed by atoms with E-state index in [0.717, 1.165) is 16.8 Å². The SMILES string of the molecule is Cc1ccc(C)c(-n2ccnc2SCC(=O)N(CCC#N)c2ccccc2F)c1. The van der Waals surface area contributed by atoms with Crippen LogP contribution in [0.2, 0.25) is 0 Å². The molecule has 29 heavy (non-hydrogen) atoms. The fourth-order valence-electron chi connectivity index (χ4n) is 2.97. The number of nitrogens with zero attached hydrogens (tertiary/aromatic N) is 4. The van der Waals surface area contributed by atoms with Gasteiger partial charge in [-0.2, -0.15) is 5.26 Å². The zero-order valence-corrected chi connectivity index (χ0v) is 17.1. The van der Waals surface area contributed by atoms with Crippen molar-refractivity contribution in [3.05, 3.63) is 71.8 Å². The summed E-state index contributed by atoms with van der Waals surface area (Å²) in [4.78, 5) is 18.6. The summed E-state index contributed by atoms with van der Waals surface area (Å²) in [5.41, 5.74) is 3.43. The highest BCUT2D eigenvalue weighted by Crippen LogP contribution is 2.25. The third-order valence-corrected chi connectivity index (χ3v) is 5.40. The van der Waals surface area contributed by atoms with Crippen molar-refractivity contribution in [1.29, 1.82) is 5.26 Å². The molecule has 0 unspecified atom stereocenters. The molecule has 0 fully saturated rings. The number of halogens is 1. The molecule has 0 spiro atoms. The quantitative estimate of drug-likeness (QED) is 0.533. The molecule has 7 heteroatoms. The summed E-state index contributed by atoms with van der Waals surface area (Å²) in [6, 6.07) is 14.3. The second-order valence-corrected chi connectivity index (χ2v) is 7.51. The third-order valence-electron chi connectivity index (χ3n) is 4.45. The van der Waals surface area contributed by atoms with E-state index in [-0.39, 0.29) is 30.3 Å². The standard InChI is InChI=1S/C22H21FN4OS/c1-16-8-9-17(2)20(14-16)27-13-11-25-22(27)29-15-21(28)26(12-5-10-24)19-7-4-3-6-18(19)23/h3-4,6-9,11,13-14H,5,12,15H2,1-2H3. The molecule has 0 aliphatic rings. The van der Waals surface area contributed by atoms with Gasteiger partial charge in [0.25, 0.3) is 0 Å². The third kappa shape index (κ3) is 4.84. The zero-order chi connectivity index (χ0) is 20.8. The maximum atomic E-state index is 14.2. The fourth-order valence-corrected chi connectivity index (χ4v) is 3.82. The van der Waals surface area contributed by atoms with Gasteiger partial charge in [-0.3, -0.25) is 9.36 Å². The number of anilines is 1. The van der Waals surface area contributed by atoms with E-state index in [1.807, 2.05) is 42.8 Å². The number of hydrogen-bond donors (Lipinski definition) is 0. The van der Waals surface area contributed by atoms with E-state index in [2.05, 4.69) is 11.1 Å². The van der Waals surface area contributed by atoms with Crippen LogP contribution in [0.25, 0.3) is 5.69 Å². The van der Waals surface area contributed by atoms with E-state index in [0.29, 0.717) is 5.16 Å². The molecule has 0 saturated carbocycles. The lowest BCUT2D eigenvalue weighted by Gasteiger charge is -2.22. The number of carbonyl (C=O) groups excluding carboxylic acids is 1. The Morgan fingerprint density at radius 3 is 2.83 bits per heavy atom. The lowest BCUT2D eigenvalue weighted by Crippen LogP contribution is -2.34. The lowest BCUT2D eigenvalue weighted by molar-refractivity contribution is -0.116. The van der Waals surface area contributed by atoms with Crippen LogP contribution in [0.4, 0.5) is 10.1 Å². The van der Waals surface area contributed by atoms with Gasteiger partial charge in [-0.1, -0.05) is 36.0 Å². The zero-order valence-electron chi connectivity index (χ0n) is 16.3. The van der Waals surface area contributed by atoms with Gasteiger partial charge in [0.1, 0.15) is 5.82 Å². The van der Waals surface area contributed by atoms with Gasteiger partial charge in [0.2, 0.25) is 5.91 Å². The molecule has 0 radical (unpaired) electrons. The molecule has 1 amide bonds. The number of hydrogen-bond acceptors (Lipinski definition) is 4. The molecule has 148 valence electrons. The van der Waals surface area contributed by atoms with E-state index >= 15 is 0 Å². The van der Waals surface area contributed by atoms with Crippen molar-refractivity contribution in [2.45, 2.75) is 25.4 Å². The van der Waals surface area contributed by atoms with Crippen molar-refractivity contribution in [2.24, 2.45) is 0 Å². The molecule has 1 aromatic heterocycles. The predicted molar refractivity (Wildman–Crippen MR) is 113 cm³/mol. The van der Waals surface area contributed by atoms with Gasteiger partial charge in [-0.15, -0.1) is 0 Å². The van der Waals surface area contributed by atoms with Crippen LogP contribution in [0.1, 0.15) is 17.5 Å². The second kappa shape index (κ2) is 9.39. The van der Waals surface area contributed by atoms with Crippen LogP contribution >= 0.6 is 11.8 Å². The Bertz CT molecular complexity index is 1060. The summed E-state index contributed by atoms with van der Waals surface area (Å²) in [6.45, 7) is 4.19. The lowest BCUT2D eigenvalue weighted by atomic mass is 10.1. The molecule has 1 heterocycles. The van der Waals surface area contributed by atoms with E-state index in [1.54, 1.807) is 24.4 Å². The van der Waals surface area contributed by atoms with Crippen molar-refractivity contribution in [1.82, 2.24) is 9.55 Å². The number of imidazole rings is 1. The van der Waals surface area contributed by atoms with Gasteiger partial charge in [0.15, 0.2) is 5.16 Å². The molecule has 0 N–H and O–H groups in total. The van der Waals surface area contributed by atoms with Crippen LogP contribution in [0.15, 0.2) is 60.0 Å². The van der Waals surface area contributed by atoms with Gasteiger partial charge in [0.05, 0.1) is 29.6 Å². The van der Waals surface area contributed by atoms with Crippen LogP contribution in [0, 0.1) is 31.0 Å². The van der Waals surface area contributed by atoms with Crippen molar-refractivity contribution < 1.29 is 9.18 Å². The average molecular weight is 409 g/mol. The highest BCUT2D eigenvalue weighted by molar-refractivity contribution is 7.99. The van der Waals surface area contributed by atoms with Crippen molar-refractivity contribution >= 4 is 23.4 Å². The Hall–Kier alpha value is -3.11. The van der Waals surface area contributed by atoms with E-state index < -0.39 is 5.82 Å². The molecule has 5 nitrogen and oxygen atoms in total. The van der Waals surface area contributed by atoms with E-state index in [9.17, 15) is 9.18 Å². The minimum absolute atomic E-state index is 0.0850. The molecular formula is C22H21FN4OS.